The van der Waals surface area contributed by atoms with Gasteiger partial charge in [0, 0.05) is 29.5 Å². The van der Waals surface area contributed by atoms with Gasteiger partial charge in [0.05, 0.1) is 11.0 Å². The van der Waals surface area contributed by atoms with E-state index >= 15 is 0 Å². The zero-order valence-electron chi connectivity index (χ0n) is 9.99. The van der Waals surface area contributed by atoms with E-state index in [-0.39, 0.29) is 11.0 Å². The maximum atomic E-state index is 13.2. The average Bonchev–Trinajstić information content (AvgIpc) is 3.16. The summed E-state index contributed by atoms with van der Waals surface area (Å²) >= 11 is 5.78. The zero-order chi connectivity index (χ0) is 14.0. The Morgan fingerprint density at radius 2 is 2.16 bits per heavy atom. The normalized spacial score (nSPS) is 15.9. The van der Waals surface area contributed by atoms with Crippen LogP contribution in [-0.4, -0.2) is 23.3 Å². The van der Waals surface area contributed by atoms with Crippen LogP contribution in [0.15, 0.2) is 18.2 Å². The Bertz CT molecular complexity index is 532. The Balaban J connectivity index is 2.08. The average molecular weight is 287 g/mol. The fourth-order valence-electron chi connectivity index (χ4n) is 1.71. The fraction of sp³-hybridized carbons (Fsp3) is 0.417. The Morgan fingerprint density at radius 3 is 2.68 bits per heavy atom. The third kappa shape index (κ3) is 3.20. The number of nitrogens with one attached hydrogen (secondary N) is 1. The molecule has 1 aliphatic rings. The lowest BCUT2D eigenvalue weighted by molar-refractivity contribution is -0.385. The zero-order valence-corrected chi connectivity index (χ0v) is 10.7. The molecule has 5 nitrogen and oxygen atoms in total. The van der Waals surface area contributed by atoms with Crippen LogP contribution in [0.2, 0.25) is 0 Å². The van der Waals surface area contributed by atoms with Crippen molar-refractivity contribution in [1.82, 2.24) is 5.32 Å². The molecule has 7 heteroatoms. The number of nitro benzene ring substituents is 1. The lowest BCUT2D eigenvalue weighted by atomic mass is 10.1. The monoisotopic (exact) mass is 286 g/mol. The first kappa shape index (κ1) is 13.7. The summed E-state index contributed by atoms with van der Waals surface area (Å²) in [5.41, 5.74) is -0.558. The van der Waals surface area contributed by atoms with Crippen LogP contribution in [0.3, 0.4) is 0 Å². The molecular formula is C12H12ClFN2O3. The first-order valence-corrected chi connectivity index (χ1v) is 6.28. The van der Waals surface area contributed by atoms with Crippen molar-refractivity contribution in [1.29, 1.82) is 0 Å². The van der Waals surface area contributed by atoms with Crippen molar-refractivity contribution in [2.75, 3.05) is 12.4 Å². The van der Waals surface area contributed by atoms with E-state index in [0.29, 0.717) is 12.4 Å². The Kier molecular flexibility index (Phi) is 3.71. The first-order valence-electron chi connectivity index (χ1n) is 5.75. The van der Waals surface area contributed by atoms with Gasteiger partial charge in [0.1, 0.15) is 5.82 Å². The minimum atomic E-state index is -0.808. The minimum Gasteiger partial charge on any atom is -0.351 e. The molecule has 102 valence electrons. The molecule has 0 heterocycles. The number of hydrogen-bond acceptors (Lipinski definition) is 3. The van der Waals surface area contributed by atoms with Crippen LogP contribution in [0.4, 0.5) is 10.1 Å². The summed E-state index contributed by atoms with van der Waals surface area (Å²) in [5, 5.41) is 13.2. The van der Waals surface area contributed by atoms with Gasteiger partial charge in [0.2, 0.25) is 0 Å². The van der Waals surface area contributed by atoms with Gasteiger partial charge in [-0.25, -0.2) is 4.39 Å². The van der Waals surface area contributed by atoms with Gasteiger partial charge in [-0.3, -0.25) is 14.9 Å². The number of rotatable bonds is 5. The van der Waals surface area contributed by atoms with Gasteiger partial charge in [-0.05, 0) is 18.9 Å². The molecule has 0 atom stereocenters. The molecule has 1 N–H and O–H groups in total. The molecule has 1 fully saturated rings. The van der Waals surface area contributed by atoms with Crippen molar-refractivity contribution >= 4 is 23.2 Å². The molecule has 0 spiro atoms. The van der Waals surface area contributed by atoms with Gasteiger partial charge in [0.15, 0.2) is 0 Å². The number of non-ortho nitro benzene ring substituents is 1. The summed E-state index contributed by atoms with van der Waals surface area (Å²) in [4.78, 5) is 21.7. The van der Waals surface area contributed by atoms with E-state index in [1.54, 1.807) is 0 Å². The number of benzene rings is 1. The van der Waals surface area contributed by atoms with E-state index in [4.69, 9.17) is 11.6 Å². The molecule has 0 aromatic heterocycles. The molecule has 0 bridgehead atoms. The number of nitrogens with zero attached hydrogens (tertiary/aromatic N) is 1. The maximum absolute atomic E-state index is 13.2. The summed E-state index contributed by atoms with van der Waals surface area (Å²) < 4.78 is 13.2. The van der Waals surface area contributed by atoms with Crippen LogP contribution in [0.1, 0.15) is 23.2 Å². The van der Waals surface area contributed by atoms with Crippen LogP contribution in [0.25, 0.3) is 0 Å². The molecule has 0 aliphatic heterocycles. The molecule has 0 unspecified atom stereocenters. The van der Waals surface area contributed by atoms with Gasteiger partial charge in [-0.15, -0.1) is 11.6 Å². The molecule has 1 aromatic carbocycles. The fourth-order valence-corrected chi connectivity index (χ4v) is 2.08. The van der Waals surface area contributed by atoms with Crippen molar-refractivity contribution < 1.29 is 14.1 Å². The number of halogens is 2. The Morgan fingerprint density at radius 1 is 1.47 bits per heavy atom. The molecular weight excluding hydrogens is 275 g/mol. The third-order valence-corrected chi connectivity index (χ3v) is 3.79. The second-order valence-electron chi connectivity index (χ2n) is 4.77. The van der Waals surface area contributed by atoms with Crippen molar-refractivity contribution in [2.24, 2.45) is 5.41 Å². The van der Waals surface area contributed by atoms with Gasteiger partial charge < -0.3 is 5.32 Å². The summed E-state index contributed by atoms with van der Waals surface area (Å²) in [5.74, 6) is -0.881. The SMILES string of the molecule is O=C(NCC1(CCl)CC1)c1cc(F)cc([N+](=O)[O-])c1. The lowest BCUT2D eigenvalue weighted by Gasteiger charge is -2.12. The number of hydrogen-bond donors (Lipinski definition) is 1. The molecule has 1 amide bonds. The summed E-state index contributed by atoms with van der Waals surface area (Å²) in [7, 11) is 0. The van der Waals surface area contributed by atoms with Crippen LogP contribution in [0, 0.1) is 21.3 Å². The van der Waals surface area contributed by atoms with Crippen LogP contribution in [0.5, 0.6) is 0 Å². The van der Waals surface area contributed by atoms with E-state index in [9.17, 15) is 19.3 Å². The summed E-state index contributed by atoms with van der Waals surface area (Å²) in [6, 6.07) is 2.80. The van der Waals surface area contributed by atoms with Gasteiger partial charge in [0.25, 0.3) is 11.6 Å². The topological polar surface area (TPSA) is 72.2 Å². The molecule has 0 saturated heterocycles. The smallest absolute Gasteiger partial charge is 0.273 e. The van der Waals surface area contributed by atoms with Crippen molar-refractivity contribution in [3.05, 3.63) is 39.7 Å². The molecule has 1 aliphatic carbocycles. The first-order chi connectivity index (χ1) is 8.96. The lowest BCUT2D eigenvalue weighted by Crippen LogP contribution is -2.31. The van der Waals surface area contributed by atoms with Crippen molar-refractivity contribution in [2.45, 2.75) is 12.8 Å². The number of carbonyl (C=O) groups is 1. The minimum absolute atomic E-state index is 0.0583. The van der Waals surface area contributed by atoms with Crippen molar-refractivity contribution in [3.63, 3.8) is 0 Å². The third-order valence-electron chi connectivity index (χ3n) is 3.22. The highest BCUT2D eigenvalue weighted by atomic mass is 35.5. The summed E-state index contributed by atoms with van der Waals surface area (Å²) in [6.07, 6.45) is 1.89. The molecule has 1 aromatic rings. The second kappa shape index (κ2) is 5.13. The predicted octanol–water partition coefficient (Wildman–Crippen LogP) is 2.48. The van der Waals surface area contributed by atoms with Gasteiger partial charge in [-0.1, -0.05) is 0 Å². The van der Waals surface area contributed by atoms with E-state index in [2.05, 4.69) is 5.32 Å². The number of alkyl halides is 1. The van der Waals surface area contributed by atoms with Gasteiger partial charge >= 0.3 is 0 Å². The highest BCUT2D eigenvalue weighted by Gasteiger charge is 2.41. The maximum Gasteiger partial charge on any atom is 0.273 e. The predicted molar refractivity (Wildman–Crippen MR) is 67.8 cm³/mol. The standard InChI is InChI=1S/C12H12ClFN2O3/c13-6-12(1-2-12)7-15-11(17)8-3-9(14)5-10(4-8)16(18)19/h3-5H,1-2,6-7H2,(H,15,17). The Hall–Kier alpha value is -1.69. The van der Waals surface area contributed by atoms with Crippen molar-refractivity contribution in [3.8, 4) is 0 Å². The number of nitro groups is 1. The van der Waals surface area contributed by atoms with E-state index in [0.717, 1.165) is 31.0 Å². The molecule has 1 saturated carbocycles. The summed E-state index contributed by atoms with van der Waals surface area (Å²) in [6.45, 7) is 0.402. The highest BCUT2D eigenvalue weighted by molar-refractivity contribution is 6.18. The number of carbonyl (C=O) groups excluding carboxylic acids is 1. The van der Waals surface area contributed by atoms with E-state index in [1.165, 1.54) is 0 Å². The molecule has 2 rings (SSSR count). The van der Waals surface area contributed by atoms with Gasteiger partial charge in [-0.2, -0.15) is 0 Å². The van der Waals surface area contributed by atoms with Crippen LogP contribution < -0.4 is 5.32 Å². The quantitative estimate of drug-likeness (QED) is 0.513. The molecule has 19 heavy (non-hydrogen) atoms. The molecule has 0 radical (unpaired) electrons. The van der Waals surface area contributed by atoms with Crippen LogP contribution in [-0.2, 0) is 0 Å². The van der Waals surface area contributed by atoms with E-state index in [1.807, 2.05) is 0 Å². The van der Waals surface area contributed by atoms with Crippen LogP contribution >= 0.6 is 11.6 Å². The number of amides is 1. The Labute approximate surface area is 113 Å². The largest absolute Gasteiger partial charge is 0.351 e. The second-order valence-corrected chi connectivity index (χ2v) is 5.04. The van der Waals surface area contributed by atoms with E-state index < -0.39 is 22.3 Å². The highest BCUT2D eigenvalue weighted by Crippen LogP contribution is 2.45.